The summed E-state index contributed by atoms with van der Waals surface area (Å²) in [5, 5.41) is 8.94. The van der Waals surface area contributed by atoms with E-state index >= 15 is 0 Å². The van der Waals surface area contributed by atoms with Crippen LogP contribution in [0.25, 0.3) is 0 Å². The molecule has 1 aromatic carbocycles. The Morgan fingerprint density at radius 3 is 2.40 bits per heavy atom. The number of ether oxygens (including phenoxy) is 2. The maximum atomic E-state index is 10.9. The molecule has 0 bridgehead atoms. The van der Waals surface area contributed by atoms with Crippen LogP contribution in [0, 0.1) is 5.92 Å². The molecule has 1 aromatic rings. The lowest BCUT2D eigenvalue weighted by Gasteiger charge is -2.26. The summed E-state index contributed by atoms with van der Waals surface area (Å²) < 4.78 is 11.0. The van der Waals surface area contributed by atoms with Crippen molar-refractivity contribution >= 4 is 5.97 Å². The number of hydrogen-bond donors (Lipinski definition) is 1. The van der Waals surface area contributed by atoms with Crippen molar-refractivity contribution in [2.24, 2.45) is 5.92 Å². The van der Waals surface area contributed by atoms with E-state index in [4.69, 9.17) is 14.6 Å². The highest BCUT2D eigenvalue weighted by atomic mass is 16.5. The fourth-order valence-electron chi connectivity index (χ4n) is 2.61. The summed E-state index contributed by atoms with van der Waals surface area (Å²) >= 11 is 0. The summed E-state index contributed by atoms with van der Waals surface area (Å²) in [7, 11) is 1.66. The van der Waals surface area contributed by atoms with Gasteiger partial charge in [0.1, 0.15) is 5.75 Å². The molecular formula is C16H22O4. The second-order valence-corrected chi connectivity index (χ2v) is 5.28. The minimum atomic E-state index is -0.665. The molecule has 1 saturated carbocycles. The summed E-state index contributed by atoms with van der Waals surface area (Å²) in [6.07, 6.45) is 4.30. The zero-order valence-corrected chi connectivity index (χ0v) is 11.9. The van der Waals surface area contributed by atoms with Crippen LogP contribution in [0.1, 0.15) is 31.2 Å². The predicted octanol–water partition coefficient (Wildman–Crippen LogP) is 2.90. The molecular weight excluding hydrogens is 256 g/mol. The quantitative estimate of drug-likeness (QED) is 0.869. The van der Waals surface area contributed by atoms with Gasteiger partial charge in [0.25, 0.3) is 0 Å². The Morgan fingerprint density at radius 2 is 1.85 bits per heavy atom. The van der Waals surface area contributed by atoms with Gasteiger partial charge in [-0.2, -0.15) is 0 Å². The van der Waals surface area contributed by atoms with E-state index < -0.39 is 5.97 Å². The highest BCUT2D eigenvalue weighted by Crippen LogP contribution is 2.26. The van der Waals surface area contributed by atoms with E-state index in [2.05, 4.69) is 0 Å². The minimum absolute atomic E-state index is 0.170. The molecule has 110 valence electrons. The van der Waals surface area contributed by atoms with Crippen molar-refractivity contribution in [3.8, 4) is 5.75 Å². The van der Waals surface area contributed by atoms with E-state index in [1.807, 2.05) is 24.3 Å². The van der Waals surface area contributed by atoms with Crippen molar-refractivity contribution in [3.63, 3.8) is 0 Å². The molecule has 4 heteroatoms. The van der Waals surface area contributed by atoms with Gasteiger partial charge in [0.15, 0.2) is 0 Å². The van der Waals surface area contributed by atoms with E-state index in [9.17, 15) is 4.79 Å². The largest absolute Gasteiger partial charge is 0.497 e. The van der Waals surface area contributed by atoms with Crippen LogP contribution in [-0.2, 0) is 16.0 Å². The van der Waals surface area contributed by atoms with Gasteiger partial charge < -0.3 is 14.6 Å². The number of aliphatic carboxylic acids is 1. The van der Waals surface area contributed by atoms with Crippen molar-refractivity contribution in [2.45, 2.75) is 38.2 Å². The molecule has 0 unspecified atom stereocenters. The monoisotopic (exact) mass is 278 g/mol. The number of methoxy groups -OCH3 is 1. The van der Waals surface area contributed by atoms with Crippen LogP contribution in [0.4, 0.5) is 0 Å². The zero-order chi connectivity index (χ0) is 14.4. The first-order chi connectivity index (χ1) is 9.69. The second-order valence-electron chi connectivity index (χ2n) is 5.28. The van der Waals surface area contributed by atoms with Crippen LogP contribution in [0.2, 0.25) is 0 Å². The fraction of sp³-hybridized carbons (Fsp3) is 0.562. The molecule has 1 fully saturated rings. The van der Waals surface area contributed by atoms with Gasteiger partial charge in [-0.05, 0) is 49.8 Å². The van der Waals surface area contributed by atoms with E-state index in [1.165, 1.54) is 5.56 Å². The van der Waals surface area contributed by atoms with Crippen molar-refractivity contribution in [2.75, 3.05) is 13.7 Å². The number of hydrogen-bond acceptors (Lipinski definition) is 3. The smallest absolute Gasteiger partial charge is 0.306 e. The molecule has 1 aliphatic rings. The zero-order valence-electron chi connectivity index (χ0n) is 11.9. The van der Waals surface area contributed by atoms with Crippen LogP contribution in [0.5, 0.6) is 5.75 Å². The van der Waals surface area contributed by atoms with Crippen LogP contribution in [-0.4, -0.2) is 30.9 Å². The molecule has 0 radical (unpaired) electrons. The molecule has 4 nitrogen and oxygen atoms in total. The summed E-state index contributed by atoms with van der Waals surface area (Å²) in [4.78, 5) is 10.9. The normalized spacial score (nSPS) is 22.4. The van der Waals surface area contributed by atoms with Gasteiger partial charge in [-0.3, -0.25) is 4.79 Å². The molecule has 0 aliphatic heterocycles. The SMILES string of the molecule is COc1ccc(CCOC2CCC(C(=O)O)CC2)cc1. The first-order valence-electron chi connectivity index (χ1n) is 7.16. The average molecular weight is 278 g/mol. The molecule has 0 aromatic heterocycles. The van der Waals surface area contributed by atoms with Gasteiger partial charge in [0.2, 0.25) is 0 Å². The van der Waals surface area contributed by atoms with Crippen molar-refractivity contribution < 1.29 is 19.4 Å². The van der Waals surface area contributed by atoms with E-state index in [1.54, 1.807) is 7.11 Å². The predicted molar refractivity (Wildman–Crippen MR) is 76.0 cm³/mol. The number of benzene rings is 1. The van der Waals surface area contributed by atoms with E-state index in [0.29, 0.717) is 6.61 Å². The van der Waals surface area contributed by atoms with Gasteiger partial charge in [-0.25, -0.2) is 0 Å². The van der Waals surface area contributed by atoms with Crippen molar-refractivity contribution in [3.05, 3.63) is 29.8 Å². The lowest BCUT2D eigenvalue weighted by Crippen LogP contribution is -2.26. The summed E-state index contributed by atoms with van der Waals surface area (Å²) in [5.41, 5.74) is 1.23. The van der Waals surface area contributed by atoms with Crippen molar-refractivity contribution in [1.82, 2.24) is 0 Å². The molecule has 0 amide bonds. The maximum absolute atomic E-state index is 10.9. The van der Waals surface area contributed by atoms with Crippen molar-refractivity contribution in [1.29, 1.82) is 0 Å². The lowest BCUT2D eigenvalue weighted by molar-refractivity contribution is -0.143. The Bertz CT molecular complexity index is 419. The van der Waals surface area contributed by atoms with Gasteiger partial charge in [0, 0.05) is 0 Å². The van der Waals surface area contributed by atoms with Crippen LogP contribution >= 0.6 is 0 Å². The summed E-state index contributed by atoms with van der Waals surface area (Å²) in [5.74, 6) is 0.0276. The Balaban J connectivity index is 1.67. The molecule has 1 aliphatic carbocycles. The van der Waals surface area contributed by atoms with Gasteiger partial charge in [-0.15, -0.1) is 0 Å². The number of carbonyl (C=O) groups is 1. The van der Waals surface area contributed by atoms with Crippen LogP contribution in [0.3, 0.4) is 0 Å². The fourth-order valence-corrected chi connectivity index (χ4v) is 2.61. The highest BCUT2D eigenvalue weighted by Gasteiger charge is 2.26. The van der Waals surface area contributed by atoms with Crippen LogP contribution < -0.4 is 4.74 Å². The Labute approximate surface area is 119 Å². The number of carboxylic acid groups (broad SMARTS) is 1. The minimum Gasteiger partial charge on any atom is -0.497 e. The van der Waals surface area contributed by atoms with E-state index in [0.717, 1.165) is 37.9 Å². The lowest BCUT2D eigenvalue weighted by atomic mass is 9.87. The molecule has 0 saturated heterocycles. The number of rotatable bonds is 6. The maximum Gasteiger partial charge on any atom is 0.306 e. The Kier molecular flexibility index (Phi) is 5.41. The third kappa shape index (κ3) is 4.23. The molecule has 2 rings (SSSR count). The average Bonchev–Trinajstić information content (AvgIpc) is 2.48. The summed E-state index contributed by atoms with van der Waals surface area (Å²) in [6.45, 7) is 0.689. The summed E-state index contributed by atoms with van der Waals surface area (Å²) in [6, 6.07) is 7.99. The third-order valence-corrected chi connectivity index (χ3v) is 3.93. The Morgan fingerprint density at radius 1 is 1.20 bits per heavy atom. The standard InChI is InChI=1S/C16H22O4/c1-19-14-6-2-12(3-7-14)10-11-20-15-8-4-13(5-9-15)16(17)18/h2-3,6-7,13,15H,4-5,8-11H2,1H3,(H,17,18). The van der Waals surface area contributed by atoms with E-state index in [-0.39, 0.29) is 12.0 Å². The molecule has 1 N–H and O–H groups in total. The topological polar surface area (TPSA) is 55.8 Å². The molecule has 0 heterocycles. The van der Waals surface area contributed by atoms with Gasteiger partial charge in [-0.1, -0.05) is 12.1 Å². The molecule has 20 heavy (non-hydrogen) atoms. The molecule has 0 spiro atoms. The highest BCUT2D eigenvalue weighted by molar-refractivity contribution is 5.70. The van der Waals surface area contributed by atoms with Gasteiger partial charge >= 0.3 is 5.97 Å². The number of carboxylic acids is 1. The first-order valence-corrected chi connectivity index (χ1v) is 7.16. The first kappa shape index (κ1) is 14.9. The third-order valence-electron chi connectivity index (χ3n) is 3.93. The Hall–Kier alpha value is -1.55. The molecule has 0 atom stereocenters. The second kappa shape index (κ2) is 7.29. The van der Waals surface area contributed by atoms with Crippen LogP contribution in [0.15, 0.2) is 24.3 Å². The van der Waals surface area contributed by atoms with Gasteiger partial charge in [0.05, 0.1) is 25.7 Å².